The number of anilines is 2. The third kappa shape index (κ3) is 3.51. The summed E-state index contributed by atoms with van der Waals surface area (Å²) in [6.45, 7) is 3.14. The molecule has 0 saturated heterocycles. The van der Waals surface area contributed by atoms with Gasteiger partial charge in [0.15, 0.2) is 5.13 Å². The molecule has 0 spiro atoms. The van der Waals surface area contributed by atoms with Crippen LogP contribution in [0.5, 0.6) is 0 Å². The summed E-state index contributed by atoms with van der Waals surface area (Å²) in [5.41, 5.74) is 2.87. The SMILES string of the molecule is Cc1ccccc1NC(=O)N1CCc2nc(NC(=O)C3CC3)sc2C1. The monoisotopic (exact) mass is 356 g/mol. The number of amides is 3. The van der Waals surface area contributed by atoms with Crippen molar-refractivity contribution in [3.63, 3.8) is 0 Å². The summed E-state index contributed by atoms with van der Waals surface area (Å²) >= 11 is 1.47. The van der Waals surface area contributed by atoms with Crippen LogP contribution in [0.15, 0.2) is 24.3 Å². The molecule has 2 N–H and O–H groups in total. The molecule has 3 amide bonds. The van der Waals surface area contributed by atoms with E-state index < -0.39 is 0 Å². The van der Waals surface area contributed by atoms with E-state index in [1.807, 2.05) is 31.2 Å². The average molecular weight is 356 g/mol. The largest absolute Gasteiger partial charge is 0.322 e. The first-order valence-corrected chi connectivity index (χ1v) is 9.33. The smallest absolute Gasteiger partial charge is 0.319 e. The molecule has 2 heterocycles. The molecular weight excluding hydrogens is 336 g/mol. The number of fused-ring (bicyclic) bond motifs is 1. The van der Waals surface area contributed by atoms with Crippen LogP contribution in [0.4, 0.5) is 15.6 Å². The molecule has 1 aliphatic carbocycles. The van der Waals surface area contributed by atoms with E-state index in [1.54, 1.807) is 4.90 Å². The van der Waals surface area contributed by atoms with Gasteiger partial charge in [-0.05, 0) is 31.4 Å². The maximum Gasteiger partial charge on any atom is 0.322 e. The predicted octanol–water partition coefficient (Wildman–Crippen LogP) is 3.39. The average Bonchev–Trinajstić information content (AvgIpc) is 3.37. The fourth-order valence-corrected chi connectivity index (χ4v) is 3.91. The number of benzene rings is 1. The van der Waals surface area contributed by atoms with Crippen LogP contribution in [-0.4, -0.2) is 28.4 Å². The fourth-order valence-electron chi connectivity index (χ4n) is 2.88. The summed E-state index contributed by atoms with van der Waals surface area (Å²) < 4.78 is 0. The molecule has 1 aromatic heterocycles. The maximum absolute atomic E-state index is 12.5. The number of thiazole rings is 1. The molecule has 4 rings (SSSR count). The van der Waals surface area contributed by atoms with Gasteiger partial charge in [0.25, 0.3) is 0 Å². The molecule has 1 aromatic carbocycles. The summed E-state index contributed by atoms with van der Waals surface area (Å²) in [4.78, 5) is 31.8. The summed E-state index contributed by atoms with van der Waals surface area (Å²) in [7, 11) is 0. The van der Waals surface area contributed by atoms with Crippen molar-refractivity contribution in [2.24, 2.45) is 5.92 Å². The van der Waals surface area contributed by atoms with Gasteiger partial charge in [0.1, 0.15) is 0 Å². The maximum atomic E-state index is 12.5. The lowest BCUT2D eigenvalue weighted by molar-refractivity contribution is -0.117. The van der Waals surface area contributed by atoms with E-state index in [4.69, 9.17) is 0 Å². The number of nitrogens with one attached hydrogen (secondary N) is 2. The highest BCUT2D eigenvalue weighted by Gasteiger charge is 2.31. The molecule has 2 aromatic rings. The number of para-hydroxylation sites is 1. The number of urea groups is 1. The third-order valence-electron chi connectivity index (χ3n) is 4.58. The van der Waals surface area contributed by atoms with Crippen LogP contribution < -0.4 is 10.6 Å². The van der Waals surface area contributed by atoms with E-state index in [2.05, 4.69) is 15.6 Å². The lowest BCUT2D eigenvalue weighted by Gasteiger charge is -2.26. The number of rotatable bonds is 3. The van der Waals surface area contributed by atoms with Crippen molar-refractivity contribution >= 4 is 34.1 Å². The number of carbonyl (C=O) groups is 2. The zero-order valence-corrected chi connectivity index (χ0v) is 14.9. The van der Waals surface area contributed by atoms with Gasteiger partial charge in [-0.2, -0.15) is 0 Å². The van der Waals surface area contributed by atoms with Gasteiger partial charge in [-0.1, -0.05) is 29.5 Å². The molecule has 130 valence electrons. The highest BCUT2D eigenvalue weighted by molar-refractivity contribution is 7.15. The number of hydrogen-bond donors (Lipinski definition) is 2. The van der Waals surface area contributed by atoms with E-state index in [0.29, 0.717) is 24.6 Å². The molecule has 0 atom stereocenters. The van der Waals surface area contributed by atoms with E-state index in [9.17, 15) is 9.59 Å². The van der Waals surface area contributed by atoms with E-state index in [1.165, 1.54) is 11.3 Å². The molecule has 0 radical (unpaired) electrons. The summed E-state index contributed by atoms with van der Waals surface area (Å²) in [5.74, 6) is 0.234. The Balaban J connectivity index is 1.41. The van der Waals surface area contributed by atoms with E-state index >= 15 is 0 Å². The van der Waals surface area contributed by atoms with Gasteiger partial charge in [0.05, 0.1) is 12.2 Å². The van der Waals surface area contributed by atoms with Crippen LogP contribution in [0, 0.1) is 12.8 Å². The van der Waals surface area contributed by atoms with Crippen LogP contribution in [0.25, 0.3) is 0 Å². The quantitative estimate of drug-likeness (QED) is 0.885. The lowest BCUT2D eigenvalue weighted by Crippen LogP contribution is -2.38. The van der Waals surface area contributed by atoms with Crippen molar-refractivity contribution in [1.82, 2.24) is 9.88 Å². The number of hydrogen-bond acceptors (Lipinski definition) is 4. The Morgan fingerprint density at radius 1 is 1.24 bits per heavy atom. The van der Waals surface area contributed by atoms with Crippen molar-refractivity contribution in [2.45, 2.75) is 32.7 Å². The second-order valence-electron chi connectivity index (χ2n) is 6.57. The third-order valence-corrected chi connectivity index (χ3v) is 5.58. The van der Waals surface area contributed by atoms with Crippen LogP contribution in [0.3, 0.4) is 0 Å². The van der Waals surface area contributed by atoms with Gasteiger partial charge >= 0.3 is 6.03 Å². The topological polar surface area (TPSA) is 74.3 Å². The number of aromatic nitrogens is 1. The van der Waals surface area contributed by atoms with Gasteiger partial charge in [0.2, 0.25) is 5.91 Å². The summed E-state index contributed by atoms with van der Waals surface area (Å²) in [6, 6.07) is 7.64. The van der Waals surface area contributed by atoms with Crippen molar-refractivity contribution < 1.29 is 9.59 Å². The van der Waals surface area contributed by atoms with Crippen molar-refractivity contribution in [2.75, 3.05) is 17.2 Å². The second kappa shape index (κ2) is 6.48. The molecule has 1 saturated carbocycles. The number of carbonyl (C=O) groups excluding carboxylic acids is 2. The van der Waals surface area contributed by atoms with Crippen LogP contribution in [-0.2, 0) is 17.8 Å². The van der Waals surface area contributed by atoms with Gasteiger partial charge in [-0.15, -0.1) is 0 Å². The Hall–Kier alpha value is -2.41. The Labute approximate surface area is 150 Å². The summed E-state index contributed by atoms with van der Waals surface area (Å²) in [5, 5.41) is 6.53. The van der Waals surface area contributed by atoms with Crippen molar-refractivity contribution in [1.29, 1.82) is 0 Å². The van der Waals surface area contributed by atoms with Crippen LogP contribution in [0.2, 0.25) is 0 Å². The zero-order valence-electron chi connectivity index (χ0n) is 14.0. The summed E-state index contributed by atoms with van der Waals surface area (Å²) in [6.07, 6.45) is 2.67. The van der Waals surface area contributed by atoms with Crippen molar-refractivity contribution in [3.05, 3.63) is 40.4 Å². The number of aryl methyl sites for hydroxylation is 1. The molecule has 25 heavy (non-hydrogen) atoms. The lowest BCUT2D eigenvalue weighted by atomic mass is 10.2. The van der Waals surface area contributed by atoms with Gasteiger partial charge < -0.3 is 15.5 Å². The minimum Gasteiger partial charge on any atom is -0.319 e. The number of nitrogens with zero attached hydrogens (tertiary/aromatic N) is 2. The standard InChI is InChI=1S/C18H20N4O2S/c1-11-4-2-3-5-13(11)20-18(24)22-9-8-14-15(10-22)25-17(19-14)21-16(23)12-6-7-12/h2-5,12H,6-10H2,1H3,(H,20,24)(H,19,21,23). The van der Waals surface area contributed by atoms with Gasteiger partial charge in [-0.3, -0.25) is 4.79 Å². The van der Waals surface area contributed by atoms with Crippen LogP contribution in [0.1, 0.15) is 29.0 Å². The molecule has 0 unspecified atom stereocenters. The van der Waals surface area contributed by atoms with Gasteiger partial charge in [0, 0.05) is 29.4 Å². The minimum atomic E-state index is -0.100. The highest BCUT2D eigenvalue weighted by Crippen LogP contribution is 2.33. The van der Waals surface area contributed by atoms with Crippen LogP contribution >= 0.6 is 11.3 Å². The Morgan fingerprint density at radius 2 is 2.04 bits per heavy atom. The molecule has 0 bridgehead atoms. The Kier molecular flexibility index (Phi) is 4.17. The first-order valence-electron chi connectivity index (χ1n) is 8.51. The molecule has 7 heteroatoms. The first-order chi connectivity index (χ1) is 12.1. The zero-order chi connectivity index (χ0) is 17.4. The Bertz CT molecular complexity index is 828. The molecule has 1 aliphatic heterocycles. The van der Waals surface area contributed by atoms with E-state index in [-0.39, 0.29) is 17.9 Å². The molecule has 6 nitrogen and oxygen atoms in total. The molecule has 2 aliphatic rings. The molecular formula is C18H20N4O2S. The predicted molar refractivity (Wildman–Crippen MR) is 97.8 cm³/mol. The molecule has 1 fully saturated rings. The Morgan fingerprint density at radius 3 is 2.80 bits per heavy atom. The normalized spacial score (nSPS) is 16.3. The minimum absolute atomic E-state index is 0.0697. The highest BCUT2D eigenvalue weighted by atomic mass is 32.1. The van der Waals surface area contributed by atoms with Crippen molar-refractivity contribution in [3.8, 4) is 0 Å². The van der Waals surface area contributed by atoms with Gasteiger partial charge in [-0.25, -0.2) is 9.78 Å². The second-order valence-corrected chi connectivity index (χ2v) is 7.65. The van der Waals surface area contributed by atoms with E-state index in [0.717, 1.165) is 34.7 Å². The first kappa shape index (κ1) is 16.1. The fraction of sp³-hybridized carbons (Fsp3) is 0.389.